The van der Waals surface area contributed by atoms with Gasteiger partial charge in [-0.3, -0.25) is 0 Å². The van der Waals surface area contributed by atoms with Crippen molar-refractivity contribution in [1.29, 1.82) is 0 Å². The van der Waals surface area contributed by atoms with E-state index in [2.05, 4.69) is 4.98 Å². The molecule has 0 aliphatic rings. The maximum absolute atomic E-state index is 12.1. The number of aliphatic hydroxyl groups is 1. The third kappa shape index (κ3) is 3.51. The molecule has 4 rings (SSSR count). The molecule has 0 fully saturated rings. The number of rotatable bonds is 3. The van der Waals surface area contributed by atoms with Crippen LogP contribution >= 0.6 is 0 Å². The lowest BCUT2D eigenvalue weighted by molar-refractivity contribution is 0.514. The molecule has 0 bridgehead atoms. The number of aryl methyl sites for hydroxylation is 1. The minimum Gasteiger partial charge on any atom is -0.507 e. The van der Waals surface area contributed by atoms with Gasteiger partial charge in [-0.15, -0.1) is 0 Å². The second-order valence-electron chi connectivity index (χ2n) is 6.33. The molecule has 0 spiro atoms. The molecule has 4 nitrogen and oxygen atoms in total. The molecule has 0 unspecified atom stereocenters. The molecular formula is C23H17NO3. The van der Waals surface area contributed by atoms with E-state index in [1.165, 1.54) is 6.08 Å². The topological polar surface area (TPSA) is 63.3 Å². The Balaban J connectivity index is 1.69. The third-order valence-corrected chi connectivity index (χ3v) is 4.33. The zero-order chi connectivity index (χ0) is 18.8. The van der Waals surface area contributed by atoms with Gasteiger partial charge in [0.05, 0.1) is 0 Å². The highest BCUT2D eigenvalue weighted by molar-refractivity contribution is 5.79. The summed E-state index contributed by atoms with van der Waals surface area (Å²) in [6.45, 7) is 1.94. The Morgan fingerprint density at radius 1 is 0.963 bits per heavy atom. The molecule has 0 aliphatic heterocycles. The van der Waals surface area contributed by atoms with Crippen LogP contribution < -0.4 is 5.63 Å². The van der Waals surface area contributed by atoms with Gasteiger partial charge in [0, 0.05) is 11.6 Å². The van der Waals surface area contributed by atoms with E-state index in [4.69, 9.17) is 4.42 Å². The van der Waals surface area contributed by atoms with Gasteiger partial charge >= 0.3 is 5.63 Å². The molecule has 1 heterocycles. The van der Waals surface area contributed by atoms with E-state index in [0.717, 1.165) is 16.7 Å². The molecule has 0 atom stereocenters. The van der Waals surface area contributed by atoms with Crippen LogP contribution in [0, 0.1) is 6.92 Å². The van der Waals surface area contributed by atoms with Crippen LogP contribution in [0.3, 0.4) is 0 Å². The van der Waals surface area contributed by atoms with E-state index >= 15 is 0 Å². The molecule has 0 amide bonds. The summed E-state index contributed by atoms with van der Waals surface area (Å²) in [5.74, 6) is -0.0404. The SMILES string of the molecule is Cc1ccc2oc(=O)c(C=C(O)c3ccc(-c4ccccc4)cc3)nc2c1. The summed E-state index contributed by atoms with van der Waals surface area (Å²) in [6, 6.07) is 22.8. The normalized spacial score (nSPS) is 11.7. The number of aliphatic hydroxyl groups excluding tert-OH is 1. The summed E-state index contributed by atoms with van der Waals surface area (Å²) in [5, 5.41) is 10.4. The first-order chi connectivity index (χ1) is 13.1. The Bertz CT molecular complexity index is 1190. The Labute approximate surface area is 156 Å². The van der Waals surface area contributed by atoms with Gasteiger partial charge in [-0.2, -0.15) is 0 Å². The fraction of sp³-hybridized carbons (Fsp3) is 0.0435. The summed E-state index contributed by atoms with van der Waals surface area (Å²) in [7, 11) is 0. The summed E-state index contributed by atoms with van der Waals surface area (Å²) in [6.07, 6.45) is 1.34. The van der Waals surface area contributed by atoms with Gasteiger partial charge in [0.25, 0.3) is 0 Å². The molecule has 132 valence electrons. The van der Waals surface area contributed by atoms with E-state index in [1.54, 1.807) is 18.2 Å². The fourth-order valence-corrected chi connectivity index (χ4v) is 2.90. The molecule has 0 radical (unpaired) electrons. The van der Waals surface area contributed by atoms with E-state index in [9.17, 15) is 9.90 Å². The van der Waals surface area contributed by atoms with Crippen LogP contribution in [0.15, 0.2) is 82.0 Å². The second-order valence-corrected chi connectivity index (χ2v) is 6.33. The third-order valence-electron chi connectivity index (χ3n) is 4.33. The molecule has 3 aromatic carbocycles. The largest absolute Gasteiger partial charge is 0.507 e. The maximum atomic E-state index is 12.1. The molecule has 0 saturated heterocycles. The van der Waals surface area contributed by atoms with Crippen LogP contribution in [0.25, 0.3) is 34.1 Å². The summed E-state index contributed by atoms with van der Waals surface area (Å²) < 4.78 is 5.29. The molecule has 4 aromatic rings. The van der Waals surface area contributed by atoms with Gasteiger partial charge < -0.3 is 9.52 Å². The van der Waals surface area contributed by atoms with Crippen molar-refractivity contribution < 1.29 is 9.52 Å². The Morgan fingerprint density at radius 3 is 2.41 bits per heavy atom. The summed E-state index contributed by atoms with van der Waals surface area (Å²) >= 11 is 0. The van der Waals surface area contributed by atoms with Crippen molar-refractivity contribution in [2.45, 2.75) is 6.92 Å². The monoisotopic (exact) mass is 355 g/mol. The highest BCUT2D eigenvalue weighted by Gasteiger charge is 2.08. The lowest BCUT2D eigenvalue weighted by Gasteiger charge is -2.04. The minimum atomic E-state index is -0.584. The van der Waals surface area contributed by atoms with Crippen molar-refractivity contribution in [3.05, 3.63) is 100 Å². The first-order valence-electron chi connectivity index (χ1n) is 8.58. The van der Waals surface area contributed by atoms with Crippen molar-refractivity contribution in [3.63, 3.8) is 0 Å². The van der Waals surface area contributed by atoms with E-state index in [-0.39, 0.29) is 11.5 Å². The van der Waals surface area contributed by atoms with Crippen molar-refractivity contribution in [3.8, 4) is 11.1 Å². The van der Waals surface area contributed by atoms with Gasteiger partial charge in [-0.05, 0) is 35.7 Å². The molecule has 27 heavy (non-hydrogen) atoms. The zero-order valence-corrected chi connectivity index (χ0v) is 14.7. The standard InChI is InChI=1S/C23H17NO3/c1-15-7-12-22-19(13-15)24-20(23(26)27-22)14-21(25)18-10-8-17(9-11-18)16-5-3-2-4-6-16/h2-14,25H,1H3. The van der Waals surface area contributed by atoms with E-state index < -0.39 is 5.63 Å². The quantitative estimate of drug-likeness (QED) is 0.512. The minimum absolute atomic E-state index is 0.0404. The highest BCUT2D eigenvalue weighted by Crippen LogP contribution is 2.22. The van der Waals surface area contributed by atoms with Crippen LogP contribution in [0.4, 0.5) is 0 Å². The fourth-order valence-electron chi connectivity index (χ4n) is 2.90. The number of aromatic nitrogens is 1. The molecular weight excluding hydrogens is 338 g/mol. The van der Waals surface area contributed by atoms with Crippen molar-refractivity contribution in [2.75, 3.05) is 0 Å². The van der Waals surface area contributed by atoms with E-state index in [0.29, 0.717) is 16.7 Å². The van der Waals surface area contributed by atoms with Gasteiger partial charge in [-0.1, -0.05) is 60.7 Å². The number of fused-ring (bicyclic) bond motifs is 1. The first-order valence-corrected chi connectivity index (χ1v) is 8.58. The lowest BCUT2D eigenvalue weighted by atomic mass is 10.0. The Morgan fingerprint density at radius 2 is 1.67 bits per heavy atom. The predicted octanol–water partition coefficient (Wildman–Crippen LogP) is 5.22. The highest BCUT2D eigenvalue weighted by atomic mass is 16.4. The molecule has 0 saturated carbocycles. The number of benzene rings is 3. The van der Waals surface area contributed by atoms with Gasteiger partial charge in [0.2, 0.25) is 0 Å². The first kappa shape index (κ1) is 16.8. The van der Waals surface area contributed by atoms with Crippen molar-refractivity contribution in [1.82, 2.24) is 4.98 Å². The molecule has 4 heteroatoms. The Hall–Kier alpha value is -3.66. The second kappa shape index (κ2) is 6.92. The van der Waals surface area contributed by atoms with Gasteiger partial charge in [0.15, 0.2) is 11.3 Å². The summed E-state index contributed by atoms with van der Waals surface area (Å²) in [5.41, 5.74) is 4.24. The molecule has 1 N–H and O–H groups in total. The van der Waals surface area contributed by atoms with Crippen LogP contribution in [0.1, 0.15) is 16.8 Å². The van der Waals surface area contributed by atoms with Crippen molar-refractivity contribution >= 4 is 22.9 Å². The zero-order valence-electron chi connectivity index (χ0n) is 14.7. The average molecular weight is 355 g/mol. The molecule has 1 aromatic heterocycles. The van der Waals surface area contributed by atoms with Crippen LogP contribution in [0.5, 0.6) is 0 Å². The number of nitrogens with zero attached hydrogens (tertiary/aromatic N) is 1. The van der Waals surface area contributed by atoms with Crippen molar-refractivity contribution in [2.24, 2.45) is 0 Å². The maximum Gasteiger partial charge on any atom is 0.362 e. The predicted molar refractivity (Wildman–Crippen MR) is 107 cm³/mol. The van der Waals surface area contributed by atoms with E-state index in [1.807, 2.05) is 61.5 Å². The summed E-state index contributed by atoms with van der Waals surface area (Å²) in [4.78, 5) is 16.5. The van der Waals surface area contributed by atoms with Gasteiger partial charge in [-0.25, -0.2) is 9.78 Å². The molecule has 0 aliphatic carbocycles. The lowest BCUT2D eigenvalue weighted by Crippen LogP contribution is -2.06. The Kier molecular flexibility index (Phi) is 4.30. The van der Waals surface area contributed by atoms with Crippen LogP contribution in [-0.2, 0) is 0 Å². The average Bonchev–Trinajstić information content (AvgIpc) is 2.69. The van der Waals surface area contributed by atoms with Crippen LogP contribution in [-0.4, -0.2) is 10.1 Å². The smallest absolute Gasteiger partial charge is 0.362 e. The van der Waals surface area contributed by atoms with Crippen LogP contribution in [0.2, 0.25) is 0 Å². The number of hydrogen-bond donors (Lipinski definition) is 1. The number of hydrogen-bond acceptors (Lipinski definition) is 4. The van der Waals surface area contributed by atoms with Gasteiger partial charge in [0.1, 0.15) is 11.3 Å².